The molecule has 1 aromatic carbocycles. The smallest absolute Gasteiger partial charge is 0.0489 e. The molecule has 0 atom stereocenters. The van der Waals surface area contributed by atoms with E-state index in [2.05, 4.69) is 48.3 Å². The molecule has 0 fully saturated rings. The zero-order valence-electron chi connectivity index (χ0n) is 7.24. The van der Waals surface area contributed by atoms with E-state index in [0.29, 0.717) is 0 Å². The van der Waals surface area contributed by atoms with E-state index in [1.54, 1.807) is 11.8 Å². The van der Waals surface area contributed by atoms with E-state index in [1.807, 2.05) is 0 Å². The molecule has 0 saturated heterocycles. The average molecular weight is 177 g/mol. The first-order chi connectivity index (χ1) is 5.83. The zero-order chi connectivity index (χ0) is 8.55. The van der Waals surface area contributed by atoms with Crippen molar-refractivity contribution in [1.29, 1.82) is 0 Å². The lowest BCUT2D eigenvalue weighted by Crippen LogP contribution is -1.82. The van der Waals surface area contributed by atoms with Gasteiger partial charge in [0.05, 0.1) is 0 Å². The summed E-state index contributed by atoms with van der Waals surface area (Å²) in [4.78, 5) is 1.35. The van der Waals surface area contributed by atoms with Crippen LogP contribution < -0.4 is 0 Å². The van der Waals surface area contributed by atoms with Crippen molar-refractivity contribution >= 4 is 22.7 Å². The van der Waals surface area contributed by atoms with Gasteiger partial charge in [0.1, 0.15) is 0 Å². The molecule has 0 aliphatic heterocycles. The Morgan fingerprint density at radius 3 is 2.83 bits per heavy atom. The van der Waals surface area contributed by atoms with Gasteiger partial charge in [-0.15, -0.1) is 11.8 Å². The van der Waals surface area contributed by atoms with E-state index in [0.717, 1.165) is 0 Å². The number of rotatable bonds is 1. The van der Waals surface area contributed by atoms with Crippen LogP contribution in [0.1, 0.15) is 0 Å². The second kappa shape index (κ2) is 2.87. The van der Waals surface area contributed by atoms with Gasteiger partial charge >= 0.3 is 0 Å². The van der Waals surface area contributed by atoms with Crippen molar-refractivity contribution in [2.24, 2.45) is 7.05 Å². The van der Waals surface area contributed by atoms with Crippen LogP contribution in [-0.2, 0) is 7.05 Å². The molecule has 0 unspecified atom stereocenters. The predicted molar refractivity (Wildman–Crippen MR) is 54.7 cm³/mol. The van der Waals surface area contributed by atoms with Gasteiger partial charge in [-0.3, -0.25) is 0 Å². The summed E-state index contributed by atoms with van der Waals surface area (Å²) < 4.78 is 2.15. The second-order valence-corrected chi connectivity index (χ2v) is 3.67. The number of benzene rings is 1. The Balaban J connectivity index is 2.81. The number of hydrogen-bond donors (Lipinski definition) is 0. The minimum Gasteiger partial charge on any atom is -0.351 e. The van der Waals surface area contributed by atoms with Crippen molar-refractivity contribution < 1.29 is 0 Å². The lowest BCUT2D eigenvalue weighted by molar-refractivity contribution is 0.969. The Kier molecular flexibility index (Phi) is 1.85. The highest BCUT2D eigenvalue weighted by atomic mass is 32.2. The first-order valence-corrected chi connectivity index (χ1v) is 5.13. The summed E-state index contributed by atoms with van der Waals surface area (Å²) in [6.07, 6.45) is 4.21. The van der Waals surface area contributed by atoms with Crippen molar-refractivity contribution in [3.8, 4) is 0 Å². The van der Waals surface area contributed by atoms with Gasteiger partial charge in [0.25, 0.3) is 0 Å². The monoisotopic (exact) mass is 177 g/mol. The van der Waals surface area contributed by atoms with Gasteiger partial charge in [-0.05, 0) is 24.5 Å². The first kappa shape index (κ1) is 7.74. The van der Waals surface area contributed by atoms with Crippen LogP contribution in [-0.4, -0.2) is 10.8 Å². The Bertz CT molecular complexity index is 403. The molecule has 62 valence electrons. The van der Waals surface area contributed by atoms with Crippen molar-refractivity contribution in [2.45, 2.75) is 4.90 Å². The molecular weight excluding hydrogens is 166 g/mol. The van der Waals surface area contributed by atoms with Crippen LogP contribution in [0.2, 0.25) is 0 Å². The fraction of sp³-hybridized carbons (Fsp3) is 0.200. The van der Waals surface area contributed by atoms with Crippen LogP contribution in [0.15, 0.2) is 35.4 Å². The third-order valence-corrected chi connectivity index (χ3v) is 2.90. The summed E-state index contributed by atoms with van der Waals surface area (Å²) in [7, 11) is 2.08. The molecule has 2 aromatic rings. The number of nitrogens with zero attached hydrogens (tertiary/aromatic N) is 1. The van der Waals surface area contributed by atoms with Crippen LogP contribution in [0.5, 0.6) is 0 Å². The van der Waals surface area contributed by atoms with Crippen molar-refractivity contribution in [3.63, 3.8) is 0 Å². The maximum atomic E-state index is 2.17. The molecule has 0 N–H and O–H groups in total. The fourth-order valence-electron chi connectivity index (χ4n) is 1.45. The van der Waals surface area contributed by atoms with Crippen LogP contribution in [0, 0.1) is 0 Å². The van der Waals surface area contributed by atoms with Crippen molar-refractivity contribution in [1.82, 2.24) is 4.57 Å². The molecular formula is C10H11NS. The van der Waals surface area contributed by atoms with E-state index >= 15 is 0 Å². The minimum atomic E-state index is 1.31. The van der Waals surface area contributed by atoms with E-state index in [-0.39, 0.29) is 0 Å². The summed E-state index contributed by atoms with van der Waals surface area (Å²) in [6.45, 7) is 0. The van der Waals surface area contributed by atoms with Crippen LogP contribution >= 0.6 is 11.8 Å². The van der Waals surface area contributed by atoms with Gasteiger partial charge in [0.15, 0.2) is 0 Å². The van der Waals surface area contributed by atoms with Crippen molar-refractivity contribution in [2.75, 3.05) is 6.26 Å². The Hall–Kier alpha value is -0.890. The Morgan fingerprint density at radius 1 is 1.25 bits per heavy atom. The van der Waals surface area contributed by atoms with Gasteiger partial charge in [-0.1, -0.05) is 6.07 Å². The third-order valence-electron chi connectivity index (χ3n) is 2.11. The molecule has 0 radical (unpaired) electrons. The number of thioether (sulfide) groups is 1. The lowest BCUT2D eigenvalue weighted by atomic mass is 10.2. The third kappa shape index (κ3) is 1.03. The maximum absolute atomic E-state index is 2.17. The molecule has 1 nitrogen and oxygen atoms in total. The standard InChI is InChI=1S/C10H11NS/c1-11-7-6-8-9(11)4-3-5-10(8)12-2/h3-7H,1-2H3. The average Bonchev–Trinajstić information content (AvgIpc) is 2.48. The normalized spacial score (nSPS) is 10.8. The molecule has 12 heavy (non-hydrogen) atoms. The minimum absolute atomic E-state index is 1.31. The van der Waals surface area contributed by atoms with Crippen LogP contribution in [0.25, 0.3) is 10.9 Å². The van der Waals surface area contributed by atoms with Gasteiger partial charge in [0.2, 0.25) is 0 Å². The van der Waals surface area contributed by atoms with Crippen LogP contribution in [0.4, 0.5) is 0 Å². The summed E-state index contributed by atoms with van der Waals surface area (Å²) in [5.74, 6) is 0. The summed E-state index contributed by atoms with van der Waals surface area (Å²) in [5.41, 5.74) is 1.31. The molecule has 0 saturated carbocycles. The molecule has 0 aliphatic rings. The zero-order valence-corrected chi connectivity index (χ0v) is 8.06. The van der Waals surface area contributed by atoms with Gasteiger partial charge in [0, 0.05) is 29.0 Å². The van der Waals surface area contributed by atoms with Gasteiger partial charge < -0.3 is 4.57 Å². The van der Waals surface area contributed by atoms with Gasteiger partial charge in [-0.25, -0.2) is 0 Å². The summed E-state index contributed by atoms with van der Waals surface area (Å²) in [6, 6.07) is 8.58. The van der Waals surface area contributed by atoms with Crippen molar-refractivity contribution in [3.05, 3.63) is 30.5 Å². The van der Waals surface area contributed by atoms with E-state index < -0.39 is 0 Å². The van der Waals surface area contributed by atoms with E-state index in [4.69, 9.17) is 0 Å². The topological polar surface area (TPSA) is 4.93 Å². The molecule has 1 heterocycles. The number of fused-ring (bicyclic) bond motifs is 1. The first-order valence-electron chi connectivity index (χ1n) is 3.91. The number of hydrogen-bond acceptors (Lipinski definition) is 1. The molecule has 0 spiro atoms. The molecule has 2 rings (SSSR count). The molecule has 0 amide bonds. The van der Waals surface area contributed by atoms with Crippen LogP contribution in [0.3, 0.4) is 0 Å². The molecule has 0 bridgehead atoms. The van der Waals surface area contributed by atoms with E-state index in [9.17, 15) is 0 Å². The largest absolute Gasteiger partial charge is 0.351 e. The Morgan fingerprint density at radius 2 is 2.08 bits per heavy atom. The predicted octanol–water partition coefficient (Wildman–Crippen LogP) is 2.90. The highest BCUT2D eigenvalue weighted by Crippen LogP contribution is 2.26. The summed E-state index contributed by atoms with van der Waals surface area (Å²) in [5, 5.41) is 1.35. The number of aromatic nitrogens is 1. The quantitative estimate of drug-likeness (QED) is 0.606. The fourth-order valence-corrected chi connectivity index (χ4v) is 2.06. The SMILES string of the molecule is CSc1cccc2c1ccn2C. The molecule has 2 heteroatoms. The lowest BCUT2D eigenvalue weighted by Gasteiger charge is -1.99. The van der Waals surface area contributed by atoms with E-state index in [1.165, 1.54) is 15.8 Å². The second-order valence-electron chi connectivity index (χ2n) is 2.82. The maximum Gasteiger partial charge on any atom is 0.0489 e. The Labute approximate surface area is 76.4 Å². The number of aryl methyl sites for hydroxylation is 1. The molecule has 0 aliphatic carbocycles. The highest BCUT2D eigenvalue weighted by molar-refractivity contribution is 7.98. The summed E-state index contributed by atoms with van der Waals surface area (Å²) >= 11 is 1.80. The highest BCUT2D eigenvalue weighted by Gasteiger charge is 2.00. The van der Waals surface area contributed by atoms with Gasteiger partial charge in [-0.2, -0.15) is 0 Å². The molecule has 1 aromatic heterocycles.